The van der Waals surface area contributed by atoms with Crippen LogP contribution in [0.3, 0.4) is 0 Å². The minimum absolute atomic E-state index is 0.567. The molecule has 0 aliphatic heterocycles. The molecule has 21 heavy (non-hydrogen) atoms. The van der Waals surface area contributed by atoms with Gasteiger partial charge in [-0.15, -0.1) is 0 Å². The van der Waals surface area contributed by atoms with E-state index in [9.17, 15) is 0 Å². The van der Waals surface area contributed by atoms with Gasteiger partial charge in [-0.1, -0.05) is 35.2 Å². The maximum Gasteiger partial charge on any atom is 0.138 e. The largest absolute Gasteiger partial charge is 0.492 e. The van der Waals surface area contributed by atoms with E-state index < -0.39 is 0 Å². The first kappa shape index (κ1) is 17.3. The highest BCUT2D eigenvalue weighted by Gasteiger charge is 2.20. The molecule has 2 nitrogen and oxygen atoms in total. The number of rotatable bonds is 6. The van der Waals surface area contributed by atoms with Crippen LogP contribution in [0, 0.1) is 5.92 Å². The molecule has 1 aliphatic carbocycles. The van der Waals surface area contributed by atoms with E-state index in [-0.39, 0.29) is 0 Å². The standard InChI is InChI=1S/C17H25Br2NO/c1-3-21-17-14(9-15(18)10-16(17)19)11-20-12(2)13-7-5-4-6-8-13/h9-10,12-13,20H,3-8,11H2,1-2H3. The number of nitrogens with one attached hydrogen (secondary N) is 1. The summed E-state index contributed by atoms with van der Waals surface area (Å²) in [7, 11) is 0. The Bertz CT molecular complexity index is 458. The predicted octanol–water partition coefficient (Wildman–Crippen LogP) is 5.67. The van der Waals surface area contributed by atoms with Crippen molar-refractivity contribution in [1.82, 2.24) is 5.32 Å². The van der Waals surface area contributed by atoms with Crippen molar-refractivity contribution in [3.05, 3.63) is 26.6 Å². The molecule has 118 valence electrons. The van der Waals surface area contributed by atoms with E-state index in [0.717, 1.165) is 27.2 Å². The Labute approximate surface area is 145 Å². The number of hydrogen-bond acceptors (Lipinski definition) is 2. The van der Waals surface area contributed by atoms with Gasteiger partial charge < -0.3 is 10.1 Å². The average Bonchev–Trinajstić information content (AvgIpc) is 2.48. The third-order valence-electron chi connectivity index (χ3n) is 4.35. The fourth-order valence-corrected chi connectivity index (χ4v) is 4.55. The SMILES string of the molecule is CCOc1c(Br)cc(Br)cc1CNC(C)C1CCCCC1. The zero-order valence-electron chi connectivity index (χ0n) is 12.9. The van der Waals surface area contributed by atoms with Gasteiger partial charge in [0.25, 0.3) is 0 Å². The van der Waals surface area contributed by atoms with Crippen molar-refractivity contribution in [2.24, 2.45) is 5.92 Å². The molecule has 0 amide bonds. The molecular weight excluding hydrogens is 394 g/mol. The summed E-state index contributed by atoms with van der Waals surface area (Å²) in [6.45, 7) is 5.89. The first-order valence-electron chi connectivity index (χ1n) is 7.96. The lowest BCUT2D eigenvalue weighted by Crippen LogP contribution is -2.34. The topological polar surface area (TPSA) is 21.3 Å². The first-order valence-corrected chi connectivity index (χ1v) is 9.54. The first-order chi connectivity index (χ1) is 10.1. The quantitative estimate of drug-likeness (QED) is 0.642. The van der Waals surface area contributed by atoms with Crippen molar-refractivity contribution < 1.29 is 4.74 Å². The van der Waals surface area contributed by atoms with Gasteiger partial charge in [0.15, 0.2) is 0 Å². The van der Waals surface area contributed by atoms with Crippen molar-refractivity contribution in [2.75, 3.05) is 6.61 Å². The lowest BCUT2D eigenvalue weighted by atomic mass is 9.84. The van der Waals surface area contributed by atoms with Crippen LogP contribution in [-0.4, -0.2) is 12.6 Å². The molecule has 1 aromatic carbocycles. The number of hydrogen-bond donors (Lipinski definition) is 1. The van der Waals surface area contributed by atoms with Crippen LogP contribution >= 0.6 is 31.9 Å². The maximum absolute atomic E-state index is 5.79. The van der Waals surface area contributed by atoms with Gasteiger partial charge in [0.1, 0.15) is 5.75 Å². The van der Waals surface area contributed by atoms with Gasteiger partial charge in [-0.2, -0.15) is 0 Å². The van der Waals surface area contributed by atoms with E-state index in [2.05, 4.69) is 50.2 Å². The monoisotopic (exact) mass is 417 g/mol. The van der Waals surface area contributed by atoms with Gasteiger partial charge in [0.2, 0.25) is 0 Å². The molecule has 1 aliphatic rings. The van der Waals surface area contributed by atoms with Crippen LogP contribution in [0.15, 0.2) is 21.1 Å². The van der Waals surface area contributed by atoms with Crippen LogP contribution in [0.4, 0.5) is 0 Å². The number of ether oxygens (including phenoxy) is 1. The Hall–Kier alpha value is -0.0600. The normalized spacial score (nSPS) is 17.7. The van der Waals surface area contributed by atoms with Crippen molar-refractivity contribution in [1.29, 1.82) is 0 Å². The van der Waals surface area contributed by atoms with E-state index in [0.29, 0.717) is 12.6 Å². The Morgan fingerprint density at radius 2 is 1.95 bits per heavy atom. The second kappa shape index (κ2) is 8.54. The van der Waals surface area contributed by atoms with Gasteiger partial charge in [-0.25, -0.2) is 0 Å². The van der Waals surface area contributed by atoms with Crippen molar-refractivity contribution in [3.8, 4) is 5.75 Å². The van der Waals surface area contributed by atoms with E-state index in [1.807, 2.05) is 13.0 Å². The van der Waals surface area contributed by atoms with Crippen molar-refractivity contribution in [3.63, 3.8) is 0 Å². The number of halogens is 2. The van der Waals surface area contributed by atoms with Crippen LogP contribution in [0.25, 0.3) is 0 Å². The molecule has 1 fully saturated rings. The van der Waals surface area contributed by atoms with Gasteiger partial charge in [0, 0.05) is 22.6 Å². The van der Waals surface area contributed by atoms with Crippen LogP contribution in [-0.2, 0) is 6.54 Å². The Morgan fingerprint density at radius 1 is 1.24 bits per heavy atom. The van der Waals surface area contributed by atoms with E-state index in [4.69, 9.17) is 4.74 Å². The maximum atomic E-state index is 5.79. The summed E-state index contributed by atoms with van der Waals surface area (Å²) in [6, 6.07) is 4.76. The summed E-state index contributed by atoms with van der Waals surface area (Å²) in [5.74, 6) is 1.79. The summed E-state index contributed by atoms with van der Waals surface area (Å²) >= 11 is 7.17. The zero-order valence-corrected chi connectivity index (χ0v) is 16.1. The molecule has 1 N–H and O–H groups in total. The Balaban J connectivity index is 2.01. The summed E-state index contributed by atoms with van der Waals surface area (Å²) in [5.41, 5.74) is 1.21. The highest BCUT2D eigenvalue weighted by Crippen LogP contribution is 2.33. The molecule has 1 aromatic rings. The summed E-state index contributed by atoms with van der Waals surface area (Å²) in [5, 5.41) is 3.70. The Morgan fingerprint density at radius 3 is 2.62 bits per heavy atom. The second-order valence-electron chi connectivity index (χ2n) is 5.88. The van der Waals surface area contributed by atoms with Gasteiger partial charge in [-0.3, -0.25) is 0 Å². The molecule has 2 rings (SSSR count). The molecular formula is C17H25Br2NO. The molecule has 1 unspecified atom stereocenters. The smallest absolute Gasteiger partial charge is 0.138 e. The highest BCUT2D eigenvalue weighted by atomic mass is 79.9. The Kier molecular flexibility index (Phi) is 7.03. The van der Waals surface area contributed by atoms with Gasteiger partial charge in [-0.05, 0) is 60.7 Å². The van der Waals surface area contributed by atoms with E-state index in [1.165, 1.54) is 37.7 Å². The van der Waals surface area contributed by atoms with Crippen molar-refractivity contribution in [2.45, 2.75) is 58.5 Å². The molecule has 1 saturated carbocycles. The molecule has 4 heteroatoms. The van der Waals surface area contributed by atoms with Gasteiger partial charge >= 0.3 is 0 Å². The molecule has 0 spiro atoms. The summed E-state index contributed by atoms with van der Waals surface area (Å²) in [4.78, 5) is 0. The van der Waals surface area contributed by atoms with Crippen LogP contribution in [0.2, 0.25) is 0 Å². The third kappa shape index (κ3) is 4.97. The van der Waals surface area contributed by atoms with Crippen LogP contribution < -0.4 is 10.1 Å². The van der Waals surface area contributed by atoms with E-state index >= 15 is 0 Å². The number of benzene rings is 1. The molecule has 0 bridgehead atoms. The predicted molar refractivity (Wildman–Crippen MR) is 95.9 cm³/mol. The minimum Gasteiger partial charge on any atom is -0.492 e. The van der Waals surface area contributed by atoms with E-state index in [1.54, 1.807) is 0 Å². The van der Waals surface area contributed by atoms with Gasteiger partial charge in [0.05, 0.1) is 11.1 Å². The fourth-order valence-electron chi connectivity index (χ4n) is 3.12. The molecule has 0 radical (unpaired) electrons. The van der Waals surface area contributed by atoms with Crippen molar-refractivity contribution >= 4 is 31.9 Å². The fraction of sp³-hybridized carbons (Fsp3) is 0.647. The third-order valence-corrected chi connectivity index (χ3v) is 5.39. The van der Waals surface area contributed by atoms with Crippen LogP contribution in [0.5, 0.6) is 5.75 Å². The zero-order chi connectivity index (χ0) is 15.2. The molecule has 0 saturated heterocycles. The highest BCUT2D eigenvalue weighted by molar-refractivity contribution is 9.11. The molecule has 1 atom stereocenters. The minimum atomic E-state index is 0.567. The molecule has 0 aromatic heterocycles. The summed E-state index contributed by atoms with van der Waals surface area (Å²) in [6.07, 6.45) is 6.94. The molecule has 0 heterocycles. The average molecular weight is 419 g/mol. The second-order valence-corrected chi connectivity index (χ2v) is 7.65. The summed E-state index contributed by atoms with van der Waals surface area (Å²) < 4.78 is 7.89. The van der Waals surface area contributed by atoms with Crippen LogP contribution in [0.1, 0.15) is 51.5 Å². The lowest BCUT2D eigenvalue weighted by Gasteiger charge is -2.28. The lowest BCUT2D eigenvalue weighted by molar-refractivity contribution is 0.278.